The molecule has 0 atom stereocenters. The minimum Gasteiger partial charge on any atom is -0.323 e. The third kappa shape index (κ3) is 2.87. The van der Waals surface area contributed by atoms with E-state index in [0.717, 1.165) is 15.3 Å². The van der Waals surface area contributed by atoms with Crippen molar-refractivity contribution >= 4 is 33.4 Å². The summed E-state index contributed by atoms with van der Waals surface area (Å²) in [5, 5.41) is 3.79. The van der Waals surface area contributed by atoms with E-state index in [2.05, 4.69) is 5.32 Å². The standard InChI is InChI=1S/C16H14N2O3S/c19-16-12-18(15-9-5-4-8-14(15)17-16)22(20,21)11-10-13-6-2-1-3-7-13/h1-11H,12H2,(H,17,19). The zero-order valence-corrected chi connectivity index (χ0v) is 12.5. The first-order valence-electron chi connectivity index (χ1n) is 6.71. The first kappa shape index (κ1) is 14.3. The molecule has 0 saturated heterocycles. The molecule has 1 aliphatic rings. The number of rotatable bonds is 3. The van der Waals surface area contributed by atoms with Gasteiger partial charge in [0.15, 0.2) is 0 Å². The van der Waals surface area contributed by atoms with Crippen LogP contribution in [0, 0.1) is 0 Å². The molecule has 0 bridgehead atoms. The first-order valence-corrected chi connectivity index (χ1v) is 8.21. The molecule has 1 aliphatic heterocycles. The molecule has 3 rings (SSSR count). The largest absolute Gasteiger partial charge is 0.323 e. The molecule has 0 fully saturated rings. The van der Waals surface area contributed by atoms with E-state index in [1.165, 1.54) is 6.08 Å². The molecular formula is C16H14N2O3S. The van der Waals surface area contributed by atoms with E-state index in [1.807, 2.05) is 30.3 Å². The van der Waals surface area contributed by atoms with Crippen molar-refractivity contribution in [3.8, 4) is 0 Å². The highest BCUT2D eigenvalue weighted by Gasteiger charge is 2.29. The summed E-state index contributed by atoms with van der Waals surface area (Å²) >= 11 is 0. The molecule has 2 aromatic rings. The lowest BCUT2D eigenvalue weighted by Crippen LogP contribution is -2.41. The van der Waals surface area contributed by atoms with Gasteiger partial charge in [-0.25, -0.2) is 8.42 Å². The molecule has 22 heavy (non-hydrogen) atoms. The maximum absolute atomic E-state index is 12.5. The van der Waals surface area contributed by atoms with E-state index in [9.17, 15) is 13.2 Å². The molecule has 2 aromatic carbocycles. The van der Waals surface area contributed by atoms with Gasteiger partial charge < -0.3 is 5.32 Å². The van der Waals surface area contributed by atoms with Gasteiger partial charge in [0.1, 0.15) is 6.54 Å². The Kier molecular flexibility index (Phi) is 3.68. The Morgan fingerprint density at radius 3 is 2.45 bits per heavy atom. The van der Waals surface area contributed by atoms with Crippen molar-refractivity contribution in [1.29, 1.82) is 0 Å². The summed E-state index contributed by atoms with van der Waals surface area (Å²) in [5.41, 5.74) is 1.75. The lowest BCUT2D eigenvalue weighted by Gasteiger charge is -2.28. The average molecular weight is 314 g/mol. The predicted molar refractivity (Wildman–Crippen MR) is 86.8 cm³/mol. The van der Waals surface area contributed by atoms with Crippen LogP contribution in [-0.4, -0.2) is 20.9 Å². The number of carbonyl (C=O) groups excluding carboxylic acids is 1. The molecular weight excluding hydrogens is 300 g/mol. The zero-order valence-electron chi connectivity index (χ0n) is 11.6. The van der Waals surface area contributed by atoms with Crippen LogP contribution < -0.4 is 9.62 Å². The van der Waals surface area contributed by atoms with Crippen LogP contribution in [0.15, 0.2) is 60.0 Å². The minimum absolute atomic E-state index is 0.224. The van der Waals surface area contributed by atoms with Gasteiger partial charge in [-0.05, 0) is 23.8 Å². The minimum atomic E-state index is -3.74. The fraction of sp³-hybridized carbons (Fsp3) is 0.0625. The highest BCUT2D eigenvalue weighted by atomic mass is 32.2. The van der Waals surface area contributed by atoms with Gasteiger partial charge in [-0.15, -0.1) is 0 Å². The van der Waals surface area contributed by atoms with E-state index in [1.54, 1.807) is 24.3 Å². The molecule has 1 heterocycles. The van der Waals surface area contributed by atoms with E-state index < -0.39 is 10.0 Å². The molecule has 0 aliphatic carbocycles. The highest BCUT2D eigenvalue weighted by molar-refractivity contribution is 7.95. The number of anilines is 2. The summed E-state index contributed by atoms with van der Waals surface area (Å²) in [4.78, 5) is 11.7. The molecule has 0 aromatic heterocycles. The Bertz CT molecular complexity index is 829. The van der Waals surface area contributed by atoms with Gasteiger partial charge in [0.2, 0.25) is 5.91 Å². The zero-order chi connectivity index (χ0) is 15.6. The molecule has 1 amide bonds. The van der Waals surface area contributed by atoms with Crippen molar-refractivity contribution in [2.24, 2.45) is 0 Å². The maximum Gasteiger partial charge on any atom is 0.258 e. The number of nitrogens with one attached hydrogen (secondary N) is 1. The van der Waals surface area contributed by atoms with Gasteiger partial charge in [0.05, 0.1) is 16.8 Å². The van der Waals surface area contributed by atoms with Crippen molar-refractivity contribution in [2.75, 3.05) is 16.2 Å². The van der Waals surface area contributed by atoms with Crippen molar-refractivity contribution < 1.29 is 13.2 Å². The Hall–Kier alpha value is -2.60. The number of benzene rings is 2. The average Bonchev–Trinajstić information content (AvgIpc) is 2.53. The van der Waals surface area contributed by atoms with Crippen LogP contribution >= 0.6 is 0 Å². The Morgan fingerprint density at radius 1 is 1.00 bits per heavy atom. The fourth-order valence-electron chi connectivity index (χ4n) is 2.23. The second-order valence-electron chi connectivity index (χ2n) is 4.83. The van der Waals surface area contributed by atoms with Crippen LogP contribution in [0.5, 0.6) is 0 Å². The SMILES string of the molecule is O=C1CN(S(=O)(=O)C=Cc2ccccc2)c2ccccc2N1. The van der Waals surface area contributed by atoms with Crippen LogP contribution in [0.4, 0.5) is 11.4 Å². The van der Waals surface area contributed by atoms with E-state index in [-0.39, 0.29) is 12.5 Å². The maximum atomic E-state index is 12.5. The van der Waals surface area contributed by atoms with Crippen molar-refractivity contribution in [1.82, 2.24) is 0 Å². The van der Waals surface area contributed by atoms with Gasteiger partial charge in [-0.3, -0.25) is 9.10 Å². The molecule has 0 radical (unpaired) electrons. The summed E-state index contributed by atoms with van der Waals surface area (Å²) < 4.78 is 26.2. The lowest BCUT2D eigenvalue weighted by atomic mass is 10.2. The number of amides is 1. The topological polar surface area (TPSA) is 66.5 Å². The van der Waals surface area contributed by atoms with Gasteiger partial charge in [0, 0.05) is 0 Å². The molecule has 112 valence electrons. The van der Waals surface area contributed by atoms with Crippen molar-refractivity contribution in [3.63, 3.8) is 0 Å². The highest BCUT2D eigenvalue weighted by Crippen LogP contribution is 2.31. The van der Waals surface area contributed by atoms with Gasteiger partial charge in [-0.1, -0.05) is 42.5 Å². The Labute approximate surface area is 128 Å². The summed E-state index contributed by atoms with van der Waals surface area (Å²) in [6, 6.07) is 16.0. The second-order valence-corrected chi connectivity index (χ2v) is 6.57. The predicted octanol–water partition coefficient (Wildman–Crippen LogP) is 2.45. The number of carbonyl (C=O) groups is 1. The van der Waals surface area contributed by atoms with Crippen molar-refractivity contribution in [3.05, 3.63) is 65.6 Å². The monoisotopic (exact) mass is 314 g/mol. The van der Waals surface area contributed by atoms with Crippen LogP contribution in [0.25, 0.3) is 6.08 Å². The Morgan fingerprint density at radius 2 is 1.68 bits per heavy atom. The molecule has 6 heteroatoms. The van der Waals surface area contributed by atoms with Crippen molar-refractivity contribution in [2.45, 2.75) is 0 Å². The van der Waals surface area contributed by atoms with Gasteiger partial charge >= 0.3 is 0 Å². The summed E-state index contributed by atoms with van der Waals surface area (Å²) in [7, 11) is -3.74. The van der Waals surface area contributed by atoms with Crippen LogP contribution in [0.1, 0.15) is 5.56 Å². The van der Waals surface area contributed by atoms with Crippen LogP contribution in [0.2, 0.25) is 0 Å². The van der Waals surface area contributed by atoms with E-state index in [0.29, 0.717) is 11.4 Å². The van der Waals surface area contributed by atoms with E-state index in [4.69, 9.17) is 0 Å². The second kappa shape index (κ2) is 5.65. The number of sulfonamides is 1. The molecule has 0 saturated carbocycles. The first-order chi connectivity index (χ1) is 10.6. The number of hydrogen-bond acceptors (Lipinski definition) is 3. The molecule has 1 N–H and O–H groups in total. The van der Waals surface area contributed by atoms with E-state index >= 15 is 0 Å². The number of fused-ring (bicyclic) bond motifs is 1. The summed E-state index contributed by atoms with van der Waals surface area (Å²) in [6.07, 6.45) is 1.52. The van der Waals surface area contributed by atoms with Crippen LogP contribution in [0.3, 0.4) is 0 Å². The van der Waals surface area contributed by atoms with Crippen LogP contribution in [-0.2, 0) is 14.8 Å². The number of hydrogen-bond donors (Lipinski definition) is 1. The summed E-state index contributed by atoms with van der Waals surface area (Å²) in [5.74, 6) is -0.351. The quantitative estimate of drug-likeness (QED) is 0.946. The Balaban J connectivity index is 1.96. The molecule has 0 unspecified atom stereocenters. The fourth-order valence-corrected chi connectivity index (χ4v) is 3.44. The van der Waals surface area contributed by atoms with Gasteiger partial charge in [-0.2, -0.15) is 0 Å². The number of nitrogens with zero attached hydrogens (tertiary/aromatic N) is 1. The molecule has 0 spiro atoms. The number of para-hydroxylation sites is 2. The lowest BCUT2D eigenvalue weighted by molar-refractivity contribution is -0.115. The molecule has 5 nitrogen and oxygen atoms in total. The van der Waals surface area contributed by atoms with Gasteiger partial charge in [0.25, 0.3) is 10.0 Å². The summed E-state index contributed by atoms with van der Waals surface area (Å²) in [6.45, 7) is -0.224. The third-order valence-corrected chi connectivity index (χ3v) is 4.69. The smallest absolute Gasteiger partial charge is 0.258 e. The third-order valence-electron chi connectivity index (χ3n) is 3.27. The normalized spacial score (nSPS) is 14.7.